The highest BCUT2D eigenvalue weighted by atomic mass is 16.6. The molecular weight excluding hydrogens is 392 g/mol. The van der Waals surface area contributed by atoms with Gasteiger partial charge in [0.2, 0.25) is 0 Å². The average molecular weight is 420 g/mol. The zero-order chi connectivity index (χ0) is 22.4. The number of fused-ring (bicyclic) bond motifs is 2. The quantitative estimate of drug-likeness (QED) is 0.242. The molecule has 0 amide bonds. The monoisotopic (exact) mass is 420 g/mol. The Balaban J connectivity index is 2.03. The highest BCUT2D eigenvalue weighted by Gasteiger charge is 2.59. The lowest BCUT2D eigenvalue weighted by Gasteiger charge is -2.33. The Morgan fingerprint density at radius 1 is 1.33 bits per heavy atom. The zero-order valence-corrected chi connectivity index (χ0v) is 17.8. The molecule has 3 aliphatic rings. The van der Waals surface area contributed by atoms with Crippen LogP contribution in [0.2, 0.25) is 0 Å². The second-order valence-corrected chi connectivity index (χ2v) is 8.36. The molecule has 2 aliphatic heterocycles. The van der Waals surface area contributed by atoms with E-state index in [1.165, 1.54) is 6.92 Å². The van der Waals surface area contributed by atoms with Crippen molar-refractivity contribution in [1.82, 2.24) is 0 Å². The molecule has 0 saturated carbocycles. The Morgan fingerprint density at radius 3 is 2.60 bits per heavy atom. The van der Waals surface area contributed by atoms with Gasteiger partial charge in [0.1, 0.15) is 24.4 Å². The molecule has 2 fully saturated rings. The number of allylic oxidation sites excluding steroid dienone is 1. The predicted octanol–water partition coefficient (Wildman–Crippen LogP) is 1.76. The highest BCUT2D eigenvalue weighted by Crippen LogP contribution is 2.45. The van der Waals surface area contributed by atoms with Gasteiger partial charge in [0.05, 0.1) is 11.5 Å². The van der Waals surface area contributed by atoms with Gasteiger partial charge in [0.15, 0.2) is 6.10 Å². The van der Waals surface area contributed by atoms with E-state index in [4.69, 9.17) is 18.9 Å². The molecule has 8 heteroatoms. The van der Waals surface area contributed by atoms with Crippen LogP contribution in [0.1, 0.15) is 41.0 Å². The fraction of sp³-hybridized carbons (Fsp3) is 0.591. The second-order valence-electron chi connectivity index (χ2n) is 8.36. The molecule has 2 saturated heterocycles. The Bertz CT molecular complexity index is 836. The Hall–Kier alpha value is -2.45. The van der Waals surface area contributed by atoms with E-state index in [0.717, 1.165) is 0 Å². The number of epoxide rings is 1. The first-order valence-corrected chi connectivity index (χ1v) is 9.93. The number of esters is 3. The van der Waals surface area contributed by atoms with Gasteiger partial charge in [-0.25, -0.2) is 9.59 Å². The van der Waals surface area contributed by atoms with Gasteiger partial charge >= 0.3 is 17.9 Å². The summed E-state index contributed by atoms with van der Waals surface area (Å²) in [5, 5.41) is 11.1. The number of hydrogen-bond donors (Lipinski definition) is 1. The van der Waals surface area contributed by atoms with Gasteiger partial charge in [0.25, 0.3) is 0 Å². The first kappa shape index (κ1) is 22.2. The molecule has 0 bridgehead atoms. The van der Waals surface area contributed by atoms with Crippen LogP contribution >= 0.6 is 0 Å². The molecule has 0 spiro atoms. The topological polar surface area (TPSA) is 112 Å². The van der Waals surface area contributed by atoms with Crippen molar-refractivity contribution in [2.24, 2.45) is 5.92 Å². The van der Waals surface area contributed by atoms with Crippen molar-refractivity contribution in [2.75, 3.05) is 0 Å². The van der Waals surface area contributed by atoms with E-state index in [1.807, 2.05) is 0 Å². The number of ether oxygens (including phenoxy) is 4. The molecule has 0 radical (unpaired) electrons. The molecule has 3 rings (SSSR count). The Labute approximate surface area is 175 Å². The third-order valence-electron chi connectivity index (χ3n) is 5.90. The van der Waals surface area contributed by atoms with Crippen LogP contribution in [-0.4, -0.2) is 59.1 Å². The lowest BCUT2D eigenvalue weighted by molar-refractivity contribution is -0.152. The summed E-state index contributed by atoms with van der Waals surface area (Å²) in [5.74, 6) is -2.33. The minimum atomic E-state index is -1.41. The summed E-state index contributed by atoms with van der Waals surface area (Å²) in [6, 6.07) is 0. The summed E-state index contributed by atoms with van der Waals surface area (Å²) in [4.78, 5) is 36.4. The van der Waals surface area contributed by atoms with Crippen LogP contribution in [-0.2, 0) is 33.3 Å². The van der Waals surface area contributed by atoms with Crippen LogP contribution < -0.4 is 0 Å². The predicted molar refractivity (Wildman–Crippen MR) is 105 cm³/mol. The summed E-state index contributed by atoms with van der Waals surface area (Å²) in [7, 11) is 0. The van der Waals surface area contributed by atoms with E-state index in [9.17, 15) is 19.5 Å². The van der Waals surface area contributed by atoms with Gasteiger partial charge in [-0.1, -0.05) is 12.7 Å². The van der Waals surface area contributed by atoms with Crippen LogP contribution in [0.5, 0.6) is 0 Å². The first-order chi connectivity index (χ1) is 14.0. The Morgan fingerprint density at radius 2 is 2.00 bits per heavy atom. The van der Waals surface area contributed by atoms with Crippen LogP contribution in [0.25, 0.3) is 0 Å². The number of carbonyl (C=O) groups is 3. The summed E-state index contributed by atoms with van der Waals surface area (Å²) >= 11 is 0. The molecule has 164 valence electrons. The van der Waals surface area contributed by atoms with Gasteiger partial charge in [-0.2, -0.15) is 0 Å². The number of aliphatic hydroxyl groups is 1. The van der Waals surface area contributed by atoms with Gasteiger partial charge in [-0.3, -0.25) is 4.79 Å². The zero-order valence-electron chi connectivity index (χ0n) is 17.8. The maximum atomic E-state index is 12.5. The van der Waals surface area contributed by atoms with Crippen LogP contribution in [0.3, 0.4) is 0 Å². The molecule has 0 aromatic heterocycles. The largest absolute Gasteiger partial charge is 0.458 e. The summed E-state index contributed by atoms with van der Waals surface area (Å²) < 4.78 is 22.3. The molecule has 0 aromatic rings. The summed E-state index contributed by atoms with van der Waals surface area (Å²) in [5.41, 5.74) is -0.232. The Kier molecular flexibility index (Phi) is 5.93. The third-order valence-corrected chi connectivity index (χ3v) is 5.90. The molecule has 1 N–H and O–H groups in total. The number of rotatable bonds is 3. The summed E-state index contributed by atoms with van der Waals surface area (Å²) in [6.45, 7) is 11.8. The van der Waals surface area contributed by atoms with Crippen LogP contribution in [0.4, 0.5) is 0 Å². The first-order valence-electron chi connectivity index (χ1n) is 9.93. The molecule has 2 heterocycles. The minimum Gasteiger partial charge on any atom is -0.458 e. The van der Waals surface area contributed by atoms with Gasteiger partial charge in [-0.05, 0) is 39.3 Å². The van der Waals surface area contributed by atoms with Crippen molar-refractivity contribution in [3.63, 3.8) is 0 Å². The third kappa shape index (κ3) is 4.20. The highest BCUT2D eigenvalue weighted by molar-refractivity contribution is 5.92. The smallest absolute Gasteiger partial charge is 0.334 e. The molecule has 7 atom stereocenters. The molecule has 1 aliphatic carbocycles. The molecule has 30 heavy (non-hydrogen) atoms. The fourth-order valence-electron chi connectivity index (χ4n) is 4.10. The lowest BCUT2D eigenvalue weighted by Crippen LogP contribution is -2.45. The van der Waals surface area contributed by atoms with Crippen molar-refractivity contribution in [1.29, 1.82) is 0 Å². The molecule has 0 unspecified atom stereocenters. The molecule has 0 aromatic carbocycles. The SMILES string of the molecule is C=C1C(=O)O[C@H]2/C=C(/C)[C@@H](OC(C)=O)[C@H]3O[C@H]3[C@](C)(O)C[C@@H](OC(=O)/C(C)=C\C)[C@H]12. The lowest BCUT2D eigenvalue weighted by atomic mass is 9.80. The number of carbonyl (C=O) groups excluding carboxylic acids is 3. The van der Waals surface area contributed by atoms with E-state index in [-0.39, 0.29) is 12.0 Å². The van der Waals surface area contributed by atoms with Crippen molar-refractivity contribution in [2.45, 2.75) is 77.2 Å². The van der Waals surface area contributed by atoms with E-state index in [1.54, 1.807) is 39.8 Å². The summed E-state index contributed by atoms with van der Waals surface area (Å²) in [6.07, 6.45) is -0.261. The van der Waals surface area contributed by atoms with E-state index in [2.05, 4.69) is 6.58 Å². The average Bonchev–Trinajstić information content (AvgIpc) is 3.40. The second kappa shape index (κ2) is 8.00. The number of hydrogen-bond acceptors (Lipinski definition) is 8. The van der Waals surface area contributed by atoms with E-state index >= 15 is 0 Å². The molecular formula is C22H28O8. The van der Waals surface area contributed by atoms with Crippen LogP contribution in [0, 0.1) is 5.92 Å². The van der Waals surface area contributed by atoms with Gasteiger partial charge in [-0.15, -0.1) is 0 Å². The van der Waals surface area contributed by atoms with E-state index < -0.39 is 59.9 Å². The maximum Gasteiger partial charge on any atom is 0.334 e. The fourth-order valence-corrected chi connectivity index (χ4v) is 4.10. The van der Waals surface area contributed by atoms with Crippen molar-refractivity contribution < 1.29 is 38.4 Å². The molecule has 8 nitrogen and oxygen atoms in total. The maximum absolute atomic E-state index is 12.5. The standard InChI is InChI=1S/C22H28O8/c1-7-10(2)20(24)29-15-9-22(6,26)19-18(30-19)17(27-13(5)23)11(3)8-14-16(15)12(4)21(25)28-14/h7-8,14-19,26H,4,9H2,1-3,5-6H3/b10-7-,11-8-/t14-,15+,16+,17+,18+,19+,22+/m0/s1. The normalized spacial score (nSPS) is 40.3. The van der Waals surface area contributed by atoms with Gasteiger partial charge < -0.3 is 24.1 Å². The van der Waals surface area contributed by atoms with Gasteiger partial charge in [0, 0.05) is 24.5 Å². The minimum absolute atomic E-state index is 0.00654. The van der Waals surface area contributed by atoms with Crippen molar-refractivity contribution in [3.05, 3.63) is 35.5 Å². The van der Waals surface area contributed by atoms with Crippen molar-refractivity contribution in [3.8, 4) is 0 Å². The van der Waals surface area contributed by atoms with E-state index in [0.29, 0.717) is 11.1 Å². The van der Waals surface area contributed by atoms with Crippen molar-refractivity contribution >= 4 is 17.9 Å². The van der Waals surface area contributed by atoms with Crippen LogP contribution in [0.15, 0.2) is 35.5 Å².